The number of carbonyl (C=O) groups is 2. The van der Waals surface area contributed by atoms with Gasteiger partial charge in [0.25, 0.3) is 5.91 Å². The number of hydrogen-bond acceptors (Lipinski definition) is 2. The van der Waals surface area contributed by atoms with Crippen molar-refractivity contribution in [1.29, 1.82) is 0 Å². The molecule has 2 aliphatic rings. The van der Waals surface area contributed by atoms with E-state index in [0.717, 1.165) is 12.8 Å². The molecule has 1 N–H and O–H groups in total. The van der Waals surface area contributed by atoms with E-state index in [2.05, 4.69) is 21.2 Å². The summed E-state index contributed by atoms with van der Waals surface area (Å²) in [5.74, 6) is -0.421. The second-order valence-corrected chi connectivity index (χ2v) is 6.47. The monoisotopic (exact) mass is 354 g/mol. The number of rotatable bonds is 1. The van der Waals surface area contributed by atoms with Gasteiger partial charge in [-0.05, 0) is 46.8 Å². The Balaban J connectivity index is 1.75. The summed E-state index contributed by atoms with van der Waals surface area (Å²) < 4.78 is 14.3. The van der Waals surface area contributed by atoms with Crippen LogP contribution in [0.4, 0.5) is 4.39 Å². The van der Waals surface area contributed by atoms with Crippen molar-refractivity contribution in [2.75, 3.05) is 13.1 Å². The minimum Gasteiger partial charge on any atom is -0.353 e. The molecule has 2 atom stereocenters. The van der Waals surface area contributed by atoms with Gasteiger partial charge >= 0.3 is 0 Å². The Kier molecular flexibility index (Phi) is 3.97. The smallest absolute Gasteiger partial charge is 0.256 e. The zero-order valence-electron chi connectivity index (χ0n) is 11.4. The first-order valence-electron chi connectivity index (χ1n) is 7.09. The number of likely N-dealkylation sites (tertiary alicyclic amines) is 1. The van der Waals surface area contributed by atoms with Crippen LogP contribution >= 0.6 is 15.9 Å². The molecule has 0 radical (unpaired) electrons. The van der Waals surface area contributed by atoms with Crippen LogP contribution in [0.2, 0.25) is 0 Å². The number of carbonyl (C=O) groups excluding carboxylic acids is 2. The van der Waals surface area contributed by atoms with E-state index in [1.54, 1.807) is 17.0 Å². The van der Waals surface area contributed by atoms with E-state index in [-0.39, 0.29) is 29.3 Å². The summed E-state index contributed by atoms with van der Waals surface area (Å²) in [5.41, 5.74) is 0.0997. The summed E-state index contributed by atoms with van der Waals surface area (Å²) in [6.07, 6.45) is 2.04. The molecule has 2 amide bonds. The molecule has 0 aliphatic carbocycles. The van der Waals surface area contributed by atoms with E-state index >= 15 is 0 Å². The van der Waals surface area contributed by atoms with Crippen LogP contribution in [0, 0.1) is 11.7 Å². The second kappa shape index (κ2) is 5.75. The summed E-state index contributed by atoms with van der Waals surface area (Å²) in [7, 11) is 0. The van der Waals surface area contributed by atoms with Crippen molar-refractivity contribution in [2.45, 2.75) is 25.3 Å². The van der Waals surface area contributed by atoms with Crippen molar-refractivity contribution in [2.24, 2.45) is 5.92 Å². The summed E-state index contributed by atoms with van der Waals surface area (Å²) in [4.78, 5) is 25.6. The van der Waals surface area contributed by atoms with Gasteiger partial charge in [0.1, 0.15) is 5.82 Å². The Morgan fingerprint density at radius 3 is 3.00 bits per heavy atom. The lowest BCUT2D eigenvalue weighted by molar-refractivity contribution is -0.125. The lowest BCUT2D eigenvalue weighted by atomic mass is 9.85. The van der Waals surface area contributed by atoms with Crippen molar-refractivity contribution in [3.05, 3.63) is 34.1 Å². The summed E-state index contributed by atoms with van der Waals surface area (Å²) in [6.45, 7) is 1.13. The standard InChI is InChI=1S/C15H16BrFN2O2/c16-11-3-1-2-10(14(11)17)15(21)19-7-6-12-9(8-19)4-5-13(20)18-12/h1-3,9,12H,4-8H2,(H,18,20). The maximum Gasteiger partial charge on any atom is 0.256 e. The van der Waals surface area contributed by atoms with Gasteiger partial charge in [-0.25, -0.2) is 4.39 Å². The van der Waals surface area contributed by atoms with Gasteiger partial charge in [0.2, 0.25) is 5.91 Å². The van der Waals surface area contributed by atoms with E-state index in [1.165, 1.54) is 6.07 Å². The van der Waals surface area contributed by atoms with Crippen LogP contribution in [0.3, 0.4) is 0 Å². The van der Waals surface area contributed by atoms with Crippen LogP contribution in [-0.4, -0.2) is 35.8 Å². The van der Waals surface area contributed by atoms with Gasteiger partial charge in [0.15, 0.2) is 0 Å². The highest BCUT2D eigenvalue weighted by molar-refractivity contribution is 9.10. The van der Waals surface area contributed by atoms with Crippen LogP contribution < -0.4 is 5.32 Å². The fourth-order valence-electron chi connectivity index (χ4n) is 3.13. The molecule has 1 aromatic carbocycles. The van der Waals surface area contributed by atoms with Crippen molar-refractivity contribution >= 4 is 27.7 Å². The Morgan fingerprint density at radius 2 is 2.19 bits per heavy atom. The highest BCUT2D eigenvalue weighted by Gasteiger charge is 2.36. The number of nitrogens with one attached hydrogen (secondary N) is 1. The van der Waals surface area contributed by atoms with Crippen molar-refractivity contribution in [3.63, 3.8) is 0 Å². The molecule has 21 heavy (non-hydrogen) atoms. The quantitative estimate of drug-likeness (QED) is 0.841. The van der Waals surface area contributed by atoms with Crippen LogP contribution in [0.1, 0.15) is 29.6 Å². The average molecular weight is 355 g/mol. The van der Waals surface area contributed by atoms with E-state index in [1.807, 2.05) is 0 Å². The van der Waals surface area contributed by atoms with E-state index in [9.17, 15) is 14.0 Å². The molecule has 112 valence electrons. The third-order valence-electron chi connectivity index (χ3n) is 4.29. The maximum atomic E-state index is 14.0. The fraction of sp³-hybridized carbons (Fsp3) is 0.467. The van der Waals surface area contributed by atoms with Gasteiger partial charge in [0, 0.05) is 25.6 Å². The van der Waals surface area contributed by atoms with Crippen LogP contribution in [0.5, 0.6) is 0 Å². The summed E-state index contributed by atoms with van der Waals surface area (Å²) in [5, 5.41) is 2.98. The van der Waals surface area contributed by atoms with E-state index < -0.39 is 5.82 Å². The molecule has 0 aromatic heterocycles. The molecule has 6 heteroatoms. The molecular formula is C15H16BrFN2O2. The molecule has 3 rings (SSSR count). The number of nitrogens with zero attached hydrogens (tertiary/aromatic N) is 1. The molecule has 1 aromatic rings. The highest BCUT2D eigenvalue weighted by atomic mass is 79.9. The van der Waals surface area contributed by atoms with Crippen LogP contribution in [-0.2, 0) is 4.79 Å². The Bertz CT molecular complexity index is 593. The minimum absolute atomic E-state index is 0.0917. The fourth-order valence-corrected chi connectivity index (χ4v) is 3.50. The zero-order chi connectivity index (χ0) is 15.0. The average Bonchev–Trinajstić information content (AvgIpc) is 2.49. The first kappa shape index (κ1) is 14.5. The number of fused-ring (bicyclic) bond motifs is 1. The second-order valence-electron chi connectivity index (χ2n) is 5.61. The summed E-state index contributed by atoms with van der Waals surface area (Å²) in [6, 6.07) is 4.91. The molecule has 2 aliphatic heterocycles. The predicted octanol–water partition coefficient (Wildman–Crippen LogP) is 2.33. The third kappa shape index (κ3) is 2.81. The number of benzene rings is 1. The molecule has 0 spiro atoms. The molecule has 4 nitrogen and oxygen atoms in total. The number of hydrogen-bond donors (Lipinski definition) is 1. The van der Waals surface area contributed by atoms with Crippen molar-refractivity contribution in [3.8, 4) is 0 Å². The lowest BCUT2D eigenvalue weighted by Gasteiger charge is -2.41. The zero-order valence-corrected chi connectivity index (χ0v) is 13.0. The normalized spacial score (nSPS) is 25.2. The Labute approximate surface area is 130 Å². The molecule has 2 heterocycles. The summed E-state index contributed by atoms with van der Waals surface area (Å²) >= 11 is 3.11. The molecule has 2 unspecified atom stereocenters. The SMILES string of the molecule is O=C1CCC2CN(C(=O)c3cccc(Br)c3F)CCC2N1. The van der Waals surface area contributed by atoms with Gasteiger partial charge in [0.05, 0.1) is 10.0 Å². The number of amides is 2. The van der Waals surface area contributed by atoms with Crippen molar-refractivity contribution < 1.29 is 14.0 Å². The largest absolute Gasteiger partial charge is 0.353 e. The van der Waals surface area contributed by atoms with E-state index in [0.29, 0.717) is 24.0 Å². The first-order valence-corrected chi connectivity index (χ1v) is 7.88. The van der Waals surface area contributed by atoms with Gasteiger partial charge in [-0.3, -0.25) is 9.59 Å². The van der Waals surface area contributed by atoms with Gasteiger partial charge in [-0.2, -0.15) is 0 Å². The number of halogens is 2. The van der Waals surface area contributed by atoms with Crippen LogP contribution in [0.15, 0.2) is 22.7 Å². The number of piperidine rings is 2. The highest BCUT2D eigenvalue weighted by Crippen LogP contribution is 2.27. The van der Waals surface area contributed by atoms with E-state index in [4.69, 9.17) is 0 Å². The van der Waals surface area contributed by atoms with Crippen LogP contribution in [0.25, 0.3) is 0 Å². The minimum atomic E-state index is -0.512. The molecular weight excluding hydrogens is 339 g/mol. The molecule has 2 saturated heterocycles. The molecule has 0 saturated carbocycles. The Morgan fingerprint density at radius 1 is 1.38 bits per heavy atom. The first-order chi connectivity index (χ1) is 10.1. The predicted molar refractivity (Wildman–Crippen MR) is 79.3 cm³/mol. The third-order valence-corrected chi connectivity index (χ3v) is 4.90. The maximum absolute atomic E-state index is 14.0. The lowest BCUT2D eigenvalue weighted by Crippen LogP contribution is -2.55. The van der Waals surface area contributed by atoms with Gasteiger partial charge in [-0.1, -0.05) is 6.07 Å². The molecule has 2 fully saturated rings. The van der Waals surface area contributed by atoms with Gasteiger partial charge in [-0.15, -0.1) is 0 Å². The van der Waals surface area contributed by atoms with Crippen molar-refractivity contribution in [1.82, 2.24) is 10.2 Å². The van der Waals surface area contributed by atoms with Gasteiger partial charge < -0.3 is 10.2 Å². The Hall–Kier alpha value is -1.43. The molecule has 0 bridgehead atoms. The topological polar surface area (TPSA) is 49.4 Å².